The van der Waals surface area contributed by atoms with Gasteiger partial charge in [-0.1, -0.05) is 15.9 Å². The molecule has 86 valence electrons. The predicted molar refractivity (Wildman–Crippen MR) is 62.8 cm³/mol. The predicted octanol–water partition coefficient (Wildman–Crippen LogP) is 1.73. The van der Waals surface area contributed by atoms with Crippen molar-refractivity contribution < 1.29 is 14.6 Å². The number of ether oxygens (including phenoxy) is 1. The van der Waals surface area contributed by atoms with Crippen LogP contribution in [0.5, 0.6) is 5.75 Å². The molecule has 0 amide bonds. The van der Waals surface area contributed by atoms with Crippen molar-refractivity contribution >= 4 is 21.9 Å². The van der Waals surface area contributed by atoms with Gasteiger partial charge in [0.15, 0.2) is 0 Å². The molecule has 0 radical (unpaired) electrons. The highest BCUT2D eigenvalue weighted by Crippen LogP contribution is 2.36. The van der Waals surface area contributed by atoms with Crippen LogP contribution in [0.2, 0.25) is 0 Å². The first kappa shape index (κ1) is 11.4. The fraction of sp³-hybridized carbons (Fsp3) is 0.364. The monoisotopic (exact) mass is 285 g/mol. The van der Waals surface area contributed by atoms with E-state index in [4.69, 9.17) is 9.84 Å². The molecule has 1 unspecified atom stereocenters. The van der Waals surface area contributed by atoms with E-state index in [1.165, 1.54) is 0 Å². The van der Waals surface area contributed by atoms with Crippen molar-refractivity contribution in [1.82, 2.24) is 5.32 Å². The zero-order chi connectivity index (χ0) is 11.7. The van der Waals surface area contributed by atoms with Gasteiger partial charge in [0.2, 0.25) is 0 Å². The van der Waals surface area contributed by atoms with Gasteiger partial charge in [-0.05, 0) is 18.6 Å². The summed E-state index contributed by atoms with van der Waals surface area (Å²) < 4.78 is 6.06. The lowest BCUT2D eigenvalue weighted by Gasteiger charge is -2.26. The van der Waals surface area contributed by atoms with Crippen molar-refractivity contribution in [2.75, 3.05) is 13.7 Å². The Balaban J connectivity index is 2.58. The fourth-order valence-electron chi connectivity index (χ4n) is 2.03. The van der Waals surface area contributed by atoms with Crippen molar-refractivity contribution in [2.45, 2.75) is 12.5 Å². The van der Waals surface area contributed by atoms with Crippen LogP contribution in [0.15, 0.2) is 16.6 Å². The summed E-state index contributed by atoms with van der Waals surface area (Å²) in [6.07, 6.45) is 0.779. The number of rotatable bonds is 2. The average Bonchev–Trinajstić information content (AvgIpc) is 2.29. The van der Waals surface area contributed by atoms with Crippen LogP contribution in [0.3, 0.4) is 0 Å². The molecule has 0 saturated heterocycles. The molecule has 1 aromatic rings. The lowest BCUT2D eigenvalue weighted by Crippen LogP contribution is -2.35. The van der Waals surface area contributed by atoms with Crippen molar-refractivity contribution in [3.05, 3.63) is 27.7 Å². The molecule has 2 rings (SSSR count). The molecule has 1 aliphatic heterocycles. The van der Waals surface area contributed by atoms with Crippen LogP contribution in [0.25, 0.3) is 0 Å². The number of hydrogen-bond donors (Lipinski definition) is 2. The highest BCUT2D eigenvalue weighted by molar-refractivity contribution is 9.10. The summed E-state index contributed by atoms with van der Waals surface area (Å²) in [6, 6.07) is 3.02. The smallest absolute Gasteiger partial charge is 0.325 e. The second-order valence-corrected chi connectivity index (χ2v) is 4.47. The third-order valence-electron chi connectivity index (χ3n) is 2.74. The summed E-state index contributed by atoms with van der Waals surface area (Å²) in [5.74, 6) is -0.110. The number of methoxy groups -OCH3 is 1. The summed E-state index contributed by atoms with van der Waals surface area (Å²) in [4.78, 5) is 11.1. The summed E-state index contributed by atoms with van der Waals surface area (Å²) in [6.45, 7) is 0.650. The molecule has 1 heterocycles. The molecule has 4 nitrogen and oxygen atoms in total. The molecule has 1 aromatic carbocycles. The van der Waals surface area contributed by atoms with E-state index in [2.05, 4.69) is 21.2 Å². The number of nitrogens with one attached hydrogen (secondary N) is 1. The maximum atomic E-state index is 11.1. The Hall–Kier alpha value is -1.07. The van der Waals surface area contributed by atoms with Crippen LogP contribution < -0.4 is 10.1 Å². The van der Waals surface area contributed by atoms with Gasteiger partial charge in [-0.3, -0.25) is 4.79 Å². The number of benzene rings is 1. The lowest BCUT2D eigenvalue weighted by molar-refractivity contribution is -0.139. The van der Waals surface area contributed by atoms with E-state index in [9.17, 15) is 4.79 Å². The number of carbonyl (C=O) groups is 1. The maximum Gasteiger partial charge on any atom is 0.325 e. The minimum atomic E-state index is -0.866. The Morgan fingerprint density at radius 3 is 3.00 bits per heavy atom. The van der Waals surface area contributed by atoms with Gasteiger partial charge in [-0.15, -0.1) is 0 Å². The molecular formula is C11H12BrNO3. The molecule has 0 spiro atoms. The minimum absolute atomic E-state index is 0.650. The van der Waals surface area contributed by atoms with E-state index >= 15 is 0 Å². The lowest BCUT2D eigenvalue weighted by atomic mass is 9.93. The summed E-state index contributed by atoms with van der Waals surface area (Å²) in [7, 11) is 1.60. The molecule has 0 fully saturated rings. The number of hydrogen-bond acceptors (Lipinski definition) is 3. The summed E-state index contributed by atoms with van der Waals surface area (Å²) in [5, 5.41) is 12.1. The van der Waals surface area contributed by atoms with E-state index in [1.54, 1.807) is 7.11 Å². The molecule has 0 bridgehead atoms. The third-order valence-corrected chi connectivity index (χ3v) is 3.43. The van der Waals surface area contributed by atoms with Crippen LogP contribution in [0.4, 0.5) is 0 Å². The van der Waals surface area contributed by atoms with E-state index in [-0.39, 0.29) is 0 Å². The van der Waals surface area contributed by atoms with Gasteiger partial charge in [0.05, 0.1) is 7.11 Å². The average molecular weight is 286 g/mol. The Labute approximate surface area is 102 Å². The zero-order valence-corrected chi connectivity index (χ0v) is 10.4. The Morgan fingerprint density at radius 2 is 2.38 bits per heavy atom. The molecular weight excluding hydrogens is 274 g/mol. The van der Waals surface area contributed by atoms with E-state index in [0.29, 0.717) is 6.54 Å². The van der Waals surface area contributed by atoms with Crippen molar-refractivity contribution in [2.24, 2.45) is 0 Å². The Kier molecular flexibility index (Phi) is 3.16. The number of fused-ring (bicyclic) bond motifs is 1. The van der Waals surface area contributed by atoms with Crippen LogP contribution in [0.1, 0.15) is 17.2 Å². The fourth-order valence-corrected chi connectivity index (χ4v) is 2.63. The van der Waals surface area contributed by atoms with E-state index in [1.807, 2.05) is 12.1 Å². The van der Waals surface area contributed by atoms with E-state index < -0.39 is 12.0 Å². The molecule has 5 heteroatoms. The first-order valence-electron chi connectivity index (χ1n) is 4.96. The number of halogens is 1. The zero-order valence-electron chi connectivity index (χ0n) is 8.79. The normalized spacial score (nSPS) is 19.0. The Morgan fingerprint density at radius 1 is 1.62 bits per heavy atom. The van der Waals surface area contributed by atoms with Crippen LogP contribution in [-0.2, 0) is 11.2 Å². The van der Waals surface area contributed by atoms with Crippen molar-refractivity contribution in [1.29, 1.82) is 0 Å². The molecule has 2 N–H and O–H groups in total. The maximum absolute atomic E-state index is 11.1. The molecule has 16 heavy (non-hydrogen) atoms. The SMILES string of the molecule is COc1ccc(Br)c2c1CCNC2C(=O)O. The second kappa shape index (κ2) is 4.43. The van der Waals surface area contributed by atoms with Crippen LogP contribution >= 0.6 is 15.9 Å². The van der Waals surface area contributed by atoms with Crippen molar-refractivity contribution in [3.63, 3.8) is 0 Å². The molecule has 1 atom stereocenters. The number of aliphatic carboxylic acids is 1. The van der Waals surface area contributed by atoms with E-state index in [0.717, 1.165) is 27.8 Å². The van der Waals surface area contributed by atoms with Gasteiger partial charge in [-0.25, -0.2) is 0 Å². The van der Waals surface area contributed by atoms with Crippen LogP contribution in [0, 0.1) is 0 Å². The number of carboxylic acids is 1. The van der Waals surface area contributed by atoms with Gasteiger partial charge >= 0.3 is 5.97 Å². The molecule has 1 aliphatic rings. The highest BCUT2D eigenvalue weighted by Gasteiger charge is 2.29. The van der Waals surface area contributed by atoms with Crippen LogP contribution in [-0.4, -0.2) is 24.7 Å². The van der Waals surface area contributed by atoms with Gasteiger partial charge < -0.3 is 15.2 Å². The quantitative estimate of drug-likeness (QED) is 0.869. The van der Waals surface area contributed by atoms with Gasteiger partial charge in [0.25, 0.3) is 0 Å². The Bertz CT molecular complexity index is 433. The molecule has 0 aromatic heterocycles. The largest absolute Gasteiger partial charge is 0.496 e. The van der Waals surface area contributed by atoms with Gasteiger partial charge in [-0.2, -0.15) is 0 Å². The number of carboxylic acid groups (broad SMARTS) is 1. The highest BCUT2D eigenvalue weighted by atomic mass is 79.9. The molecule has 0 saturated carbocycles. The topological polar surface area (TPSA) is 58.6 Å². The summed E-state index contributed by atoms with van der Waals surface area (Å²) in [5.41, 5.74) is 1.75. The first-order valence-corrected chi connectivity index (χ1v) is 5.76. The molecule has 0 aliphatic carbocycles. The first-order chi connectivity index (χ1) is 7.65. The minimum Gasteiger partial charge on any atom is -0.496 e. The van der Waals surface area contributed by atoms with Gasteiger partial charge in [0.1, 0.15) is 11.8 Å². The summed E-state index contributed by atoms with van der Waals surface area (Å²) >= 11 is 3.40. The van der Waals surface area contributed by atoms with Gasteiger partial charge in [0, 0.05) is 22.1 Å². The standard InChI is InChI=1S/C11H12BrNO3/c1-16-8-3-2-7(12)9-6(8)4-5-13-10(9)11(14)15/h2-3,10,13H,4-5H2,1H3,(H,14,15). The van der Waals surface area contributed by atoms with Crippen molar-refractivity contribution in [3.8, 4) is 5.75 Å². The second-order valence-electron chi connectivity index (χ2n) is 3.62. The third kappa shape index (κ3) is 1.81.